The van der Waals surface area contributed by atoms with Crippen molar-refractivity contribution in [1.82, 2.24) is 10.2 Å². The third kappa shape index (κ3) is 1.82. The molecule has 2 rings (SSSR count). The molecule has 1 heterocycles. The number of ether oxygens (including phenoxy) is 3. The summed E-state index contributed by atoms with van der Waals surface area (Å²) in [6.07, 6.45) is 1.57. The highest BCUT2D eigenvalue weighted by Crippen LogP contribution is 2.44. The van der Waals surface area contributed by atoms with E-state index >= 15 is 0 Å². The Morgan fingerprint density at radius 2 is 1.71 bits per heavy atom. The highest BCUT2D eigenvalue weighted by atomic mass is 35.5. The molecule has 1 aromatic carbocycles. The number of halogens is 1. The fraction of sp³-hybridized carbons (Fsp3) is 0.273. The van der Waals surface area contributed by atoms with Gasteiger partial charge >= 0.3 is 0 Å². The summed E-state index contributed by atoms with van der Waals surface area (Å²) in [6, 6.07) is 1.74. The van der Waals surface area contributed by atoms with Crippen molar-refractivity contribution in [3.05, 3.63) is 17.4 Å². The van der Waals surface area contributed by atoms with Crippen molar-refractivity contribution in [2.45, 2.75) is 0 Å². The van der Waals surface area contributed by atoms with Crippen LogP contribution in [0.3, 0.4) is 0 Å². The topological polar surface area (TPSA) is 53.5 Å². The van der Waals surface area contributed by atoms with E-state index in [1.165, 1.54) is 0 Å². The summed E-state index contributed by atoms with van der Waals surface area (Å²) in [4.78, 5) is 0. The Kier molecular flexibility index (Phi) is 3.19. The fourth-order valence-corrected chi connectivity index (χ4v) is 1.87. The lowest BCUT2D eigenvalue weighted by Crippen LogP contribution is -1.97. The van der Waals surface area contributed by atoms with Crippen LogP contribution in [0.4, 0.5) is 0 Å². The highest BCUT2D eigenvalue weighted by Gasteiger charge is 2.17. The Morgan fingerprint density at radius 3 is 2.29 bits per heavy atom. The predicted molar refractivity (Wildman–Crippen MR) is 64.2 cm³/mol. The van der Waals surface area contributed by atoms with E-state index in [-0.39, 0.29) is 0 Å². The quantitative estimate of drug-likeness (QED) is 0.841. The molecule has 0 spiro atoms. The fourth-order valence-electron chi connectivity index (χ4n) is 1.67. The van der Waals surface area contributed by atoms with Gasteiger partial charge in [-0.1, -0.05) is 11.6 Å². The summed E-state index contributed by atoms with van der Waals surface area (Å²) in [5.41, 5.74) is 0. The molecule has 0 fully saturated rings. The van der Waals surface area contributed by atoms with Gasteiger partial charge in [-0.15, -0.1) is 5.10 Å². The zero-order valence-electron chi connectivity index (χ0n) is 9.65. The second kappa shape index (κ2) is 4.63. The lowest BCUT2D eigenvalue weighted by molar-refractivity contribution is 0.327. The Hall–Kier alpha value is -1.75. The molecule has 6 heteroatoms. The number of methoxy groups -OCH3 is 3. The summed E-state index contributed by atoms with van der Waals surface area (Å²) >= 11 is 5.98. The summed E-state index contributed by atoms with van der Waals surface area (Å²) in [5.74, 6) is 1.57. The van der Waals surface area contributed by atoms with E-state index in [1.807, 2.05) is 0 Å². The molecule has 1 aromatic heterocycles. The molecule has 0 aliphatic heterocycles. The molecule has 0 atom stereocenters. The monoisotopic (exact) mass is 254 g/mol. The van der Waals surface area contributed by atoms with Gasteiger partial charge in [-0.3, -0.25) is 0 Å². The molecule has 0 saturated carbocycles. The molecule has 5 nitrogen and oxygen atoms in total. The molecule has 0 saturated heterocycles. The molecular formula is C11H11ClN2O3. The van der Waals surface area contributed by atoms with E-state index in [0.717, 1.165) is 5.39 Å². The number of hydrogen-bond donors (Lipinski definition) is 0. The Balaban J connectivity index is 2.88. The summed E-state index contributed by atoms with van der Waals surface area (Å²) in [5, 5.41) is 9.30. The van der Waals surface area contributed by atoms with Crippen LogP contribution in [0, 0.1) is 0 Å². The molecule has 0 bridgehead atoms. The van der Waals surface area contributed by atoms with Crippen LogP contribution in [0.1, 0.15) is 0 Å². The van der Waals surface area contributed by atoms with Crippen LogP contribution in [0.25, 0.3) is 10.8 Å². The molecule has 90 valence electrons. The van der Waals surface area contributed by atoms with E-state index in [4.69, 9.17) is 25.8 Å². The standard InChI is InChI=1S/C11H11ClN2O3/c1-15-8-4-6-7(5-13-14-11(6)12)9(16-2)10(8)17-3/h4-5H,1-3H3. The van der Waals surface area contributed by atoms with E-state index < -0.39 is 0 Å². The minimum atomic E-state index is 0.293. The number of aromatic nitrogens is 2. The lowest BCUT2D eigenvalue weighted by Gasteiger charge is -2.14. The number of rotatable bonds is 3. The van der Waals surface area contributed by atoms with Crippen molar-refractivity contribution in [3.63, 3.8) is 0 Å². The van der Waals surface area contributed by atoms with Gasteiger partial charge < -0.3 is 14.2 Å². The molecule has 0 radical (unpaired) electrons. The summed E-state index contributed by atoms with van der Waals surface area (Å²) in [6.45, 7) is 0. The van der Waals surface area contributed by atoms with Gasteiger partial charge in [-0.2, -0.15) is 5.10 Å². The number of nitrogens with zero attached hydrogens (tertiary/aromatic N) is 2. The third-order valence-electron chi connectivity index (χ3n) is 2.42. The second-order valence-corrected chi connectivity index (χ2v) is 3.60. The maximum absolute atomic E-state index is 5.98. The normalized spacial score (nSPS) is 10.4. The minimum Gasteiger partial charge on any atom is -0.493 e. The van der Waals surface area contributed by atoms with Gasteiger partial charge in [-0.05, 0) is 6.07 Å². The molecule has 2 aromatic rings. The molecule has 17 heavy (non-hydrogen) atoms. The van der Waals surface area contributed by atoms with Crippen LogP contribution in [0.5, 0.6) is 17.2 Å². The number of fused-ring (bicyclic) bond motifs is 1. The first-order chi connectivity index (χ1) is 8.22. The predicted octanol–water partition coefficient (Wildman–Crippen LogP) is 2.31. The van der Waals surface area contributed by atoms with Crippen LogP contribution < -0.4 is 14.2 Å². The summed E-state index contributed by atoms with van der Waals surface area (Å²) < 4.78 is 15.8. The van der Waals surface area contributed by atoms with Gasteiger partial charge in [0.15, 0.2) is 16.7 Å². The Bertz CT molecular complexity index is 560. The average molecular weight is 255 g/mol. The smallest absolute Gasteiger partial charge is 0.204 e. The number of benzene rings is 1. The van der Waals surface area contributed by atoms with Gasteiger partial charge in [0.05, 0.1) is 32.9 Å². The lowest BCUT2D eigenvalue weighted by atomic mass is 10.1. The van der Waals surface area contributed by atoms with E-state index in [9.17, 15) is 0 Å². The van der Waals surface area contributed by atoms with Crippen LogP contribution in [-0.2, 0) is 0 Å². The Morgan fingerprint density at radius 1 is 1.00 bits per heavy atom. The first-order valence-corrected chi connectivity index (χ1v) is 5.20. The number of hydrogen-bond acceptors (Lipinski definition) is 5. The van der Waals surface area contributed by atoms with Crippen molar-refractivity contribution < 1.29 is 14.2 Å². The minimum absolute atomic E-state index is 0.293. The molecule has 0 amide bonds. The van der Waals surface area contributed by atoms with Crippen molar-refractivity contribution >= 4 is 22.4 Å². The van der Waals surface area contributed by atoms with Gasteiger partial charge in [-0.25, -0.2) is 0 Å². The second-order valence-electron chi connectivity index (χ2n) is 3.24. The van der Waals surface area contributed by atoms with Gasteiger partial charge in [0.1, 0.15) is 0 Å². The molecule has 0 aliphatic rings. The highest BCUT2D eigenvalue weighted by molar-refractivity contribution is 6.34. The zero-order valence-corrected chi connectivity index (χ0v) is 10.4. The molecule has 0 aliphatic carbocycles. The van der Waals surface area contributed by atoms with E-state index in [2.05, 4.69) is 10.2 Å². The van der Waals surface area contributed by atoms with Crippen molar-refractivity contribution in [1.29, 1.82) is 0 Å². The van der Waals surface area contributed by atoms with Crippen molar-refractivity contribution in [3.8, 4) is 17.2 Å². The van der Waals surface area contributed by atoms with Crippen LogP contribution in [0.15, 0.2) is 12.3 Å². The van der Waals surface area contributed by atoms with Gasteiger partial charge in [0.25, 0.3) is 0 Å². The molecular weight excluding hydrogens is 244 g/mol. The van der Waals surface area contributed by atoms with Gasteiger partial charge in [0.2, 0.25) is 5.75 Å². The van der Waals surface area contributed by atoms with Crippen LogP contribution >= 0.6 is 11.6 Å². The first kappa shape index (κ1) is 11.7. The Labute approximate surface area is 103 Å². The zero-order chi connectivity index (χ0) is 12.4. The molecule has 0 unspecified atom stereocenters. The van der Waals surface area contributed by atoms with Crippen molar-refractivity contribution in [2.24, 2.45) is 0 Å². The van der Waals surface area contributed by atoms with E-state index in [0.29, 0.717) is 27.8 Å². The first-order valence-electron chi connectivity index (χ1n) is 4.82. The largest absolute Gasteiger partial charge is 0.493 e. The van der Waals surface area contributed by atoms with E-state index in [1.54, 1.807) is 33.6 Å². The summed E-state index contributed by atoms with van der Waals surface area (Å²) in [7, 11) is 4.64. The van der Waals surface area contributed by atoms with Gasteiger partial charge in [0, 0.05) is 5.39 Å². The van der Waals surface area contributed by atoms with Crippen LogP contribution in [0.2, 0.25) is 5.15 Å². The van der Waals surface area contributed by atoms with Crippen LogP contribution in [-0.4, -0.2) is 31.5 Å². The maximum Gasteiger partial charge on any atom is 0.204 e. The molecule has 0 N–H and O–H groups in total. The SMILES string of the molecule is COc1cc2c(Cl)nncc2c(OC)c1OC. The maximum atomic E-state index is 5.98. The van der Waals surface area contributed by atoms with Crippen molar-refractivity contribution in [2.75, 3.05) is 21.3 Å². The average Bonchev–Trinajstić information content (AvgIpc) is 2.36. The third-order valence-corrected chi connectivity index (χ3v) is 2.70.